The molecule has 16 heavy (non-hydrogen) atoms. The largest absolute Gasteiger partial charge is 0.399 e. The van der Waals surface area contributed by atoms with E-state index >= 15 is 0 Å². The van der Waals surface area contributed by atoms with Crippen molar-refractivity contribution in [3.8, 4) is 0 Å². The van der Waals surface area contributed by atoms with Gasteiger partial charge in [0.25, 0.3) is 0 Å². The van der Waals surface area contributed by atoms with Crippen LogP contribution in [-0.2, 0) is 16.0 Å². The number of imide groups is 1. The average molecular weight is 219 g/mol. The van der Waals surface area contributed by atoms with E-state index in [-0.39, 0.29) is 18.4 Å². The summed E-state index contributed by atoms with van der Waals surface area (Å²) < 4.78 is 0. The molecular formula is C11H13N3O2. The molecule has 0 aromatic heterocycles. The summed E-state index contributed by atoms with van der Waals surface area (Å²) in [5, 5.41) is 0. The summed E-state index contributed by atoms with van der Waals surface area (Å²) >= 11 is 0. The average Bonchev–Trinajstić information content (AvgIpc) is 2.28. The molecule has 2 amide bonds. The first-order valence-corrected chi connectivity index (χ1v) is 5.07. The molecule has 0 unspecified atom stereocenters. The van der Waals surface area contributed by atoms with E-state index in [1.54, 1.807) is 18.2 Å². The van der Waals surface area contributed by atoms with E-state index < -0.39 is 0 Å². The van der Waals surface area contributed by atoms with Gasteiger partial charge in [-0.3, -0.25) is 9.59 Å². The van der Waals surface area contributed by atoms with Gasteiger partial charge in [-0.1, -0.05) is 0 Å². The molecule has 0 radical (unpaired) electrons. The number of nitrogens with zero attached hydrogens (tertiary/aromatic N) is 1. The van der Waals surface area contributed by atoms with E-state index in [1.807, 2.05) is 0 Å². The fraction of sp³-hybridized carbons (Fsp3) is 0.273. The third-order valence-electron chi connectivity index (χ3n) is 2.63. The van der Waals surface area contributed by atoms with E-state index in [4.69, 9.17) is 11.5 Å². The van der Waals surface area contributed by atoms with Crippen molar-refractivity contribution in [3.63, 3.8) is 0 Å². The number of nitrogens with two attached hydrogens (primary N) is 2. The van der Waals surface area contributed by atoms with Crippen molar-refractivity contribution in [2.24, 2.45) is 5.73 Å². The van der Waals surface area contributed by atoms with Crippen molar-refractivity contribution in [2.75, 3.05) is 17.2 Å². The Morgan fingerprint density at radius 1 is 1.38 bits per heavy atom. The minimum Gasteiger partial charge on any atom is -0.399 e. The molecule has 0 bridgehead atoms. The molecule has 1 aromatic rings. The lowest BCUT2D eigenvalue weighted by atomic mass is 10.0. The van der Waals surface area contributed by atoms with Gasteiger partial charge in [0.15, 0.2) is 0 Å². The van der Waals surface area contributed by atoms with Crippen molar-refractivity contribution in [1.82, 2.24) is 0 Å². The van der Waals surface area contributed by atoms with Crippen molar-refractivity contribution in [2.45, 2.75) is 12.8 Å². The molecular weight excluding hydrogens is 206 g/mol. The van der Waals surface area contributed by atoms with Crippen molar-refractivity contribution >= 4 is 23.2 Å². The Bertz CT molecular complexity index is 457. The van der Waals surface area contributed by atoms with Crippen LogP contribution >= 0.6 is 0 Å². The number of amides is 2. The molecule has 1 aliphatic rings. The summed E-state index contributed by atoms with van der Waals surface area (Å²) in [5.41, 5.74) is 13.1. The third-order valence-corrected chi connectivity index (χ3v) is 2.63. The van der Waals surface area contributed by atoms with E-state index in [0.717, 1.165) is 10.5 Å². The van der Waals surface area contributed by atoms with Gasteiger partial charge in [0.2, 0.25) is 11.8 Å². The summed E-state index contributed by atoms with van der Waals surface area (Å²) in [6.07, 6.45) is 0.940. The van der Waals surface area contributed by atoms with Crippen LogP contribution in [0.1, 0.15) is 12.0 Å². The van der Waals surface area contributed by atoms with Crippen molar-refractivity contribution in [3.05, 3.63) is 23.8 Å². The second kappa shape index (κ2) is 3.94. The first-order valence-electron chi connectivity index (χ1n) is 5.07. The highest BCUT2D eigenvalue weighted by molar-refractivity contribution is 6.17. The molecule has 0 spiro atoms. The van der Waals surface area contributed by atoms with E-state index in [0.29, 0.717) is 24.2 Å². The van der Waals surface area contributed by atoms with Gasteiger partial charge >= 0.3 is 0 Å². The summed E-state index contributed by atoms with van der Waals surface area (Å²) in [5.74, 6) is -0.580. The fourth-order valence-electron chi connectivity index (χ4n) is 1.88. The molecule has 2 rings (SSSR count). The van der Waals surface area contributed by atoms with E-state index in [9.17, 15) is 9.59 Å². The normalized spacial score (nSPS) is 14.8. The fourth-order valence-corrected chi connectivity index (χ4v) is 1.88. The standard InChI is InChI=1S/C11H13N3O2/c12-6-11(16)14-9-3-2-8(13)5-7(9)1-4-10(14)15/h2-3,5H,1,4,6,12-13H2. The zero-order chi connectivity index (χ0) is 11.7. The van der Waals surface area contributed by atoms with Crippen molar-refractivity contribution < 1.29 is 9.59 Å². The van der Waals surface area contributed by atoms with E-state index in [1.165, 1.54) is 0 Å². The second-order valence-electron chi connectivity index (χ2n) is 3.72. The Hall–Kier alpha value is -1.88. The van der Waals surface area contributed by atoms with Crippen LogP contribution in [0.4, 0.5) is 11.4 Å². The molecule has 0 saturated heterocycles. The number of hydrogen-bond acceptors (Lipinski definition) is 4. The number of benzene rings is 1. The summed E-state index contributed by atoms with van der Waals surface area (Å²) in [6, 6.07) is 5.15. The highest BCUT2D eigenvalue weighted by atomic mass is 16.2. The number of anilines is 2. The lowest BCUT2D eigenvalue weighted by Gasteiger charge is -2.27. The minimum absolute atomic E-state index is 0.171. The maximum atomic E-state index is 11.7. The lowest BCUT2D eigenvalue weighted by Crippen LogP contribution is -2.43. The van der Waals surface area contributed by atoms with Gasteiger partial charge in [0, 0.05) is 12.1 Å². The zero-order valence-corrected chi connectivity index (χ0v) is 8.77. The maximum Gasteiger partial charge on any atom is 0.247 e. The van der Waals surface area contributed by atoms with Crippen LogP contribution in [0.15, 0.2) is 18.2 Å². The highest BCUT2D eigenvalue weighted by Gasteiger charge is 2.28. The molecule has 1 heterocycles. The SMILES string of the molecule is NCC(=O)N1C(=O)CCc2cc(N)ccc21. The molecule has 5 nitrogen and oxygen atoms in total. The van der Waals surface area contributed by atoms with Crippen LogP contribution in [0.5, 0.6) is 0 Å². The van der Waals surface area contributed by atoms with E-state index in [2.05, 4.69) is 0 Å². The third kappa shape index (κ3) is 1.65. The number of nitrogen functional groups attached to an aromatic ring is 1. The smallest absolute Gasteiger partial charge is 0.247 e. The Morgan fingerprint density at radius 3 is 2.81 bits per heavy atom. The van der Waals surface area contributed by atoms with Crippen LogP contribution in [0.2, 0.25) is 0 Å². The quantitative estimate of drug-likeness (QED) is 0.652. The van der Waals surface area contributed by atoms with Crippen molar-refractivity contribution in [1.29, 1.82) is 0 Å². The minimum atomic E-state index is -0.379. The topological polar surface area (TPSA) is 89.4 Å². The molecule has 5 heteroatoms. The van der Waals surface area contributed by atoms with Crippen LogP contribution in [0.25, 0.3) is 0 Å². The van der Waals surface area contributed by atoms with Gasteiger partial charge in [-0.15, -0.1) is 0 Å². The van der Waals surface area contributed by atoms with Gasteiger partial charge in [-0.05, 0) is 30.2 Å². The number of rotatable bonds is 1. The number of hydrogen-bond donors (Lipinski definition) is 2. The first-order chi connectivity index (χ1) is 7.63. The Labute approximate surface area is 93.0 Å². The van der Waals surface area contributed by atoms with Crippen LogP contribution < -0.4 is 16.4 Å². The molecule has 0 aliphatic carbocycles. The molecule has 1 aliphatic heterocycles. The van der Waals surface area contributed by atoms with Gasteiger partial charge < -0.3 is 11.5 Å². The predicted octanol–water partition coefficient (Wildman–Crippen LogP) is 0.0333. The monoisotopic (exact) mass is 219 g/mol. The summed E-state index contributed by atoms with van der Waals surface area (Å²) in [7, 11) is 0. The number of fused-ring (bicyclic) bond motifs is 1. The molecule has 84 valence electrons. The van der Waals surface area contributed by atoms with Gasteiger partial charge in [-0.2, -0.15) is 0 Å². The van der Waals surface area contributed by atoms with Crippen LogP contribution in [-0.4, -0.2) is 18.4 Å². The van der Waals surface area contributed by atoms with Crippen LogP contribution in [0, 0.1) is 0 Å². The zero-order valence-electron chi connectivity index (χ0n) is 8.77. The van der Waals surface area contributed by atoms with Crippen LogP contribution in [0.3, 0.4) is 0 Å². The van der Waals surface area contributed by atoms with Gasteiger partial charge in [0.05, 0.1) is 12.2 Å². The number of carbonyl (C=O) groups excluding carboxylic acids is 2. The lowest BCUT2D eigenvalue weighted by molar-refractivity contribution is -0.126. The predicted molar refractivity (Wildman–Crippen MR) is 60.7 cm³/mol. The van der Waals surface area contributed by atoms with Gasteiger partial charge in [0.1, 0.15) is 0 Å². The highest BCUT2D eigenvalue weighted by Crippen LogP contribution is 2.29. The number of carbonyl (C=O) groups is 2. The second-order valence-corrected chi connectivity index (χ2v) is 3.72. The summed E-state index contributed by atoms with van der Waals surface area (Å²) in [4.78, 5) is 24.4. The first kappa shape index (κ1) is 10.6. The Balaban J connectivity index is 2.48. The maximum absolute atomic E-state index is 11.7. The Morgan fingerprint density at radius 2 is 2.12 bits per heavy atom. The van der Waals surface area contributed by atoms with Gasteiger partial charge in [-0.25, -0.2) is 4.90 Å². The number of aryl methyl sites for hydroxylation is 1. The molecule has 0 atom stereocenters. The molecule has 1 aromatic carbocycles. The molecule has 4 N–H and O–H groups in total. The Kier molecular flexibility index (Phi) is 2.62. The summed E-state index contributed by atoms with van der Waals surface area (Å²) in [6.45, 7) is -0.171. The molecule has 0 fully saturated rings. The molecule has 0 saturated carbocycles.